The average molecular weight is 275 g/mol. The first-order chi connectivity index (χ1) is 9.70. The number of H-pyrrole nitrogens is 1. The minimum atomic E-state index is -0.498. The molecule has 0 aliphatic rings. The van der Waals surface area contributed by atoms with Crippen LogP contribution in [0.5, 0.6) is 0 Å². The molecule has 0 spiro atoms. The molecule has 0 radical (unpaired) electrons. The van der Waals surface area contributed by atoms with Crippen molar-refractivity contribution in [1.29, 1.82) is 0 Å². The summed E-state index contributed by atoms with van der Waals surface area (Å²) in [5.74, 6) is 0.273. The number of hydrogen-bond acceptors (Lipinski definition) is 5. The van der Waals surface area contributed by atoms with Crippen LogP contribution in [0, 0.1) is 0 Å². The molecule has 0 saturated heterocycles. The standard InChI is InChI=1S/C13H17N5O2/c1-2-3-11(19)8-14-13(20)10-6-4-9(5-7-10)12-15-17-18-16-12/h4-7,11,19H,2-3,8H2,1H3,(H,14,20)(H,15,16,17,18). The number of aliphatic hydroxyl groups is 1. The molecule has 0 aliphatic carbocycles. The van der Waals surface area contributed by atoms with Crippen molar-refractivity contribution in [2.24, 2.45) is 0 Å². The molecule has 7 heteroatoms. The molecular formula is C13H17N5O2. The number of aliphatic hydroxyl groups excluding tert-OH is 1. The normalized spacial score (nSPS) is 12.1. The van der Waals surface area contributed by atoms with E-state index in [1.54, 1.807) is 24.3 Å². The quantitative estimate of drug-likeness (QED) is 0.722. The minimum absolute atomic E-state index is 0.209. The van der Waals surface area contributed by atoms with Crippen molar-refractivity contribution in [3.05, 3.63) is 29.8 Å². The number of nitrogens with one attached hydrogen (secondary N) is 2. The molecular weight excluding hydrogens is 258 g/mol. The lowest BCUT2D eigenvalue weighted by molar-refractivity contribution is 0.0910. The van der Waals surface area contributed by atoms with Gasteiger partial charge in [0, 0.05) is 17.7 Å². The largest absolute Gasteiger partial charge is 0.391 e. The smallest absolute Gasteiger partial charge is 0.251 e. The van der Waals surface area contributed by atoms with Crippen molar-refractivity contribution in [3.8, 4) is 11.4 Å². The van der Waals surface area contributed by atoms with E-state index in [0.717, 1.165) is 12.0 Å². The highest BCUT2D eigenvalue weighted by Gasteiger charge is 2.09. The maximum atomic E-state index is 11.9. The first kappa shape index (κ1) is 14.1. The fraction of sp³-hybridized carbons (Fsp3) is 0.385. The summed E-state index contributed by atoms with van der Waals surface area (Å²) in [6.45, 7) is 2.25. The van der Waals surface area contributed by atoms with Crippen molar-refractivity contribution in [2.45, 2.75) is 25.9 Å². The Balaban J connectivity index is 1.94. The fourth-order valence-electron chi connectivity index (χ4n) is 1.80. The number of tetrazole rings is 1. The first-order valence-electron chi connectivity index (χ1n) is 6.51. The molecule has 1 heterocycles. The molecule has 1 amide bonds. The highest BCUT2D eigenvalue weighted by Crippen LogP contribution is 2.13. The van der Waals surface area contributed by atoms with E-state index < -0.39 is 6.10 Å². The third-order valence-corrected chi connectivity index (χ3v) is 2.87. The molecule has 0 fully saturated rings. The number of rotatable bonds is 6. The van der Waals surface area contributed by atoms with Crippen molar-refractivity contribution in [3.63, 3.8) is 0 Å². The zero-order valence-electron chi connectivity index (χ0n) is 11.2. The topological polar surface area (TPSA) is 104 Å². The van der Waals surface area contributed by atoms with Crippen LogP contribution in [0.25, 0.3) is 11.4 Å². The maximum absolute atomic E-state index is 11.9. The Hall–Kier alpha value is -2.28. The molecule has 2 aromatic rings. The molecule has 20 heavy (non-hydrogen) atoms. The number of nitrogens with zero attached hydrogens (tertiary/aromatic N) is 3. The van der Waals surface area contributed by atoms with Crippen LogP contribution >= 0.6 is 0 Å². The Bertz CT molecular complexity index is 538. The van der Waals surface area contributed by atoms with Gasteiger partial charge in [-0.15, -0.1) is 10.2 Å². The van der Waals surface area contributed by atoms with Gasteiger partial charge in [0.1, 0.15) is 0 Å². The van der Waals surface area contributed by atoms with Gasteiger partial charge in [-0.05, 0) is 23.8 Å². The maximum Gasteiger partial charge on any atom is 0.251 e. The van der Waals surface area contributed by atoms with Gasteiger partial charge in [-0.1, -0.05) is 25.5 Å². The van der Waals surface area contributed by atoms with E-state index in [4.69, 9.17) is 0 Å². The Morgan fingerprint density at radius 1 is 1.40 bits per heavy atom. The van der Waals surface area contributed by atoms with Crippen molar-refractivity contribution in [1.82, 2.24) is 25.9 Å². The number of carbonyl (C=O) groups excluding carboxylic acids is 1. The minimum Gasteiger partial charge on any atom is -0.391 e. The lowest BCUT2D eigenvalue weighted by atomic mass is 10.1. The molecule has 106 valence electrons. The van der Waals surface area contributed by atoms with E-state index in [-0.39, 0.29) is 12.5 Å². The van der Waals surface area contributed by atoms with E-state index in [0.29, 0.717) is 17.8 Å². The van der Waals surface area contributed by atoms with Crippen LogP contribution in [0.15, 0.2) is 24.3 Å². The second kappa shape index (κ2) is 6.76. The second-order valence-electron chi connectivity index (χ2n) is 4.47. The van der Waals surface area contributed by atoms with Gasteiger partial charge < -0.3 is 10.4 Å². The lowest BCUT2D eigenvalue weighted by Gasteiger charge is -2.10. The summed E-state index contributed by atoms with van der Waals surface area (Å²) in [7, 11) is 0. The SMILES string of the molecule is CCCC(O)CNC(=O)c1ccc(-c2nn[nH]n2)cc1. The molecule has 1 aromatic carbocycles. The second-order valence-corrected chi connectivity index (χ2v) is 4.47. The highest BCUT2D eigenvalue weighted by molar-refractivity contribution is 5.94. The molecule has 3 N–H and O–H groups in total. The Morgan fingerprint density at radius 2 is 2.15 bits per heavy atom. The number of carbonyl (C=O) groups is 1. The van der Waals surface area contributed by atoms with Gasteiger partial charge in [-0.25, -0.2) is 0 Å². The Kier molecular flexibility index (Phi) is 4.78. The number of benzene rings is 1. The molecule has 0 bridgehead atoms. The zero-order chi connectivity index (χ0) is 14.4. The number of aromatic amines is 1. The van der Waals surface area contributed by atoms with Crippen molar-refractivity contribution in [2.75, 3.05) is 6.54 Å². The van der Waals surface area contributed by atoms with E-state index >= 15 is 0 Å². The molecule has 0 aliphatic heterocycles. The fourth-order valence-corrected chi connectivity index (χ4v) is 1.80. The summed E-state index contributed by atoms with van der Waals surface area (Å²) in [6, 6.07) is 6.88. The summed E-state index contributed by atoms with van der Waals surface area (Å²) in [5.41, 5.74) is 1.31. The van der Waals surface area contributed by atoms with E-state index in [9.17, 15) is 9.90 Å². The summed E-state index contributed by atoms with van der Waals surface area (Å²) in [5, 5.41) is 25.8. The third kappa shape index (κ3) is 3.61. The molecule has 1 aromatic heterocycles. The van der Waals surface area contributed by atoms with Crippen LogP contribution in [0.4, 0.5) is 0 Å². The molecule has 1 atom stereocenters. The highest BCUT2D eigenvalue weighted by atomic mass is 16.3. The van der Waals surface area contributed by atoms with Crippen LogP contribution in [0.2, 0.25) is 0 Å². The number of aromatic nitrogens is 4. The van der Waals surface area contributed by atoms with Gasteiger partial charge in [-0.3, -0.25) is 4.79 Å². The van der Waals surface area contributed by atoms with Crippen LogP contribution in [0.3, 0.4) is 0 Å². The monoisotopic (exact) mass is 275 g/mol. The van der Waals surface area contributed by atoms with Gasteiger partial charge in [0.25, 0.3) is 5.91 Å². The van der Waals surface area contributed by atoms with E-state index in [2.05, 4.69) is 25.9 Å². The first-order valence-corrected chi connectivity index (χ1v) is 6.51. The van der Waals surface area contributed by atoms with Gasteiger partial charge in [0.15, 0.2) is 0 Å². The number of amides is 1. The van der Waals surface area contributed by atoms with Gasteiger partial charge in [0.05, 0.1) is 6.10 Å². The number of hydrogen-bond donors (Lipinski definition) is 3. The van der Waals surface area contributed by atoms with Crippen molar-refractivity contribution < 1.29 is 9.90 Å². The molecule has 7 nitrogen and oxygen atoms in total. The molecule has 0 saturated carbocycles. The summed E-state index contributed by atoms with van der Waals surface area (Å²) < 4.78 is 0. The average Bonchev–Trinajstić information content (AvgIpc) is 2.99. The summed E-state index contributed by atoms with van der Waals surface area (Å²) in [4.78, 5) is 11.9. The summed E-state index contributed by atoms with van der Waals surface area (Å²) in [6.07, 6.45) is 1.07. The predicted molar refractivity (Wildman–Crippen MR) is 72.9 cm³/mol. The predicted octanol–water partition coefficient (Wildman–Crippen LogP) is 0.757. The van der Waals surface area contributed by atoms with Gasteiger partial charge >= 0.3 is 0 Å². The Morgan fingerprint density at radius 3 is 2.75 bits per heavy atom. The molecule has 2 rings (SSSR count). The van der Waals surface area contributed by atoms with Crippen molar-refractivity contribution >= 4 is 5.91 Å². The van der Waals surface area contributed by atoms with Crippen LogP contribution in [0.1, 0.15) is 30.1 Å². The Labute approximate surface area is 116 Å². The van der Waals surface area contributed by atoms with Gasteiger partial charge in [0.2, 0.25) is 5.82 Å². The summed E-state index contributed by atoms with van der Waals surface area (Å²) >= 11 is 0. The zero-order valence-corrected chi connectivity index (χ0v) is 11.2. The van der Waals surface area contributed by atoms with Crippen LogP contribution < -0.4 is 5.32 Å². The van der Waals surface area contributed by atoms with E-state index in [1.165, 1.54) is 0 Å². The lowest BCUT2D eigenvalue weighted by Crippen LogP contribution is -2.31. The van der Waals surface area contributed by atoms with Crippen LogP contribution in [-0.4, -0.2) is 44.3 Å². The van der Waals surface area contributed by atoms with E-state index in [1.807, 2.05) is 6.92 Å². The molecule has 1 unspecified atom stereocenters. The van der Waals surface area contributed by atoms with Gasteiger partial charge in [-0.2, -0.15) is 5.21 Å². The van der Waals surface area contributed by atoms with Crippen LogP contribution in [-0.2, 0) is 0 Å². The third-order valence-electron chi connectivity index (χ3n) is 2.87.